The van der Waals surface area contributed by atoms with Gasteiger partial charge in [-0.15, -0.1) is 0 Å². The third kappa shape index (κ3) is 1.97. The van der Waals surface area contributed by atoms with Gasteiger partial charge < -0.3 is 20.3 Å². The molecule has 2 rings (SSSR count). The highest BCUT2D eigenvalue weighted by Gasteiger charge is 2.26. The van der Waals surface area contributed by atoms with E-state index in [0.29, 0.717) is 18.8 Å². The Bertz CT molecular complexity index is 299. The Kier molecular flexibility index (Phi) is 2.56. The van der Waals surface area contributed by atoms with Crippen LogP contribution in [0.1, 0.15) is 0 Å². The molecule has 0 saturated carbocycles. The monoisotopic (exact) mass is 195 g/mol. The number of aliphatic hydroxyl groups excluding tert-OH is 1. The van der Waals surface area contributed by atoms with Crippen LogP contribution in [0.4, 0.5) is 0 Å². The molecule has 2 atom stereocenters. The van der Waals surface area contributed by atoms with Crippen LogP contribution in [0.2, 0.25) is 0 Å². The number of hydrogen-bond donors (Lipinski definition) is 3. The highest BCUT2D eigenvalue weighted by atomic mass is 16.5. The topological polar surface area (TPSA) is 61.7 Å². The molecule has 1 fully saturated rings. The molecular formula is C10H13NO3. The lowest BCUT2D eigenvalue weighted by Crippen LogP contribution is -2.29. The zero-order valence-electron chi connectivity index (χ0n) is 7.68. The van der Waals surface area contributed by atoms with Crippen molar-refractivity contribution in [3.05, 3.63) is 24.3 Å². The number of phenolic OH excluding ortho intramolecular Hbond substituents is 1. The van der Waals surface area contributed by atoms with E-state index in [1.54, 1.807) is 24.3 Å². The first kappa shape index (κ1) is 9.30. The van der Waals surface area contributed by atoms with Crippen molar-refractivity contribution in [3.63, 3.8) is 0 Å². The van der Waals surface area contributed by atoms with Crippen molar-refractivity contribution in [3.8, 4) is 11.5 Å². The van der Waals surface area contributed by atoms with Crippen LogP contribution in [0.3, 0.4) is 0 Å². The fraction of sp³-hybridized carbons (Fsp3) is 0.400. The van der Waals surface area contributed by atoms with Crippen LogP contribution in [-0.4, -0.2) is 35.5 Å². The molecule has 1 aromatic carbocycles. The van der Waals surface area contributed by atoms with Crippen molar-refractivity contribution >= 4 is 0 Å². The number of nitrogens with one attached hydrogen (secondary N) is 1. The Morgan fingerprint density at radius 1 is 1.21 bits per heavy atom. The zero-order chi connectivity index (χ0) is 9.97. The van der Waals surface area contributed by atoms with Gasteiger partial charge in [0.05, 0.1) is 0 Å². The summed E-state index contributed by atoms with van der Waals surface area (Å²) < 4.78 is 5.52. The third-order valence-corrected chi connectivity index (χ3v) is 2.25. The quantitative estimate of drug-likeness (QED) is 0.626. The lowest BCUT2D eigenvalue weighted by atomic mass is 10.2. The van der Waals surface area contributed by atoms with Gasteiger partial charge in [-0.3, -0.25) is 0 Å². The molecule has 0 aliphatic carbocycles. The average Bonchev–Trinajstić information content (AvgIpc) is 2.56. The SMILES string of the molecule is Oc1ccc(O[C@@H]2CNC[C@H]2O)cc1. The maximum atomic E-state index is 9.47. The first-order valence-electron chi connectivity index (χ1n) is 4.60. The summed E-state index contributed by atoms with van der Waals surface area (Å²) in [4.78, 5) is 0. The molecular weight excluding hydrogens is 182 g/mol. The average molecular weight is 195 g/mol. The molecule has 0 spiro atoms. The smallest absolute Gasteiger partial charge is 0.138 e. The molecule has 1 saturated heterocycles. The second-order valence-corrected chi connectivity index (χ2v) is 3.38. The summed E-state index contributed by atoms with van der Waals surface area (Å²) in [5.41, 5.74) is 0. The highest BCUT2D eigenvalue weighted by Crippen LogP contribution is 2.18. The number of aliphatic hydroxyl groups is 1. The number of rotatable bonds is 2. The Morgan fingerprint density at radius 3 is 2.50 bits per heavy atom. The maximum absolute atomic E-state index is 9.47. The van der Waals surface area contributed by atoms with E-state index in [4.69, 9.17) is 9.84 Å². The number of β-amino-alcohol motifs (C(OH)–C–C–N with tert-alkyl or cyclic N) is 1. The van der Waals surface area contributed by atoms with Crippen molar-refractivity contribution in [1.29, 1.82) is 0 Å². The Balaban J connectivity index is 2.00. The number of benzene rings is 1. The zero-order valence-corrected chi connectivity index (χ0v) is 7.68. The minimum Gasteiger partial charge on any atom is -0.508 e. The van der Waals surface area contributed by atoms with E-state index >= 15 is 0 Å². The van der Waals surface area contributed by atoms with Crippen molar-refractivity contribution < 1.29 is 14.9 Å². The molecule has 1 aliphatic rings. The van der Waals surface area contributed by atoms with Crippen molar-refractivity contribution in [2.45, 2.75) is 12.2 Å². The van der Waals surface area contributed by atoms with Gasteiger partial charge in [-0.2, -0.15) is 0 Å². The van der Waals surface area contributed by atoms with Gasteiger partial charge >= 0.3 is 0 Å². The summed E-state index contributed by atoms with van der Waals surface area (Å²) in [5.74, 6) is 0.873. The maximum Gasteiger partial charge on any atom is 0.138 e. The highest BCUT2D eigenvalue weighted by molar-refractivity contribution is 5.30. The molecule has 0 aromatic heterocycles. The second kappa shape index (κ2) is 3.86. The van der Waals surface area contributed by atoms with Gasteiger partial charge in [0.15, 0.2) is 0 Å². The molecule has 1 aliphatic heterocycles. The van der Waals surface area contributed by atoms with Crippen LogP contribution in [0.15, 0.2) is 24.3 Å². The van der Waals surface area contributed by atoms with Crippen molar-refractivity contribution in [2.75, 3.05) is 13.1 Å². The number of phenols is 1. The van der Waals surface area contributed by atoms with Crippen LogP contribution < -0.4 is 10.1 Å². The first-order chi connectivity index (χ1) is 6.75. The summed E-state index contributed by atoms with van der Waals surface area (Å²) in [7, 11) is 0. The first-order valence-corrected chi connectivity index (χ1v) is 4.60. The normalized spacial score (nSPS) is 26.4. The standard InChI is InChI=1S/C10H13NO3/c12-7-1-3-8(4-2-7)14-10-6-11-5-9(10)13/h1-4,9-13H,5-6H2/t9-,10-/m1/s1. The van der Waals surface area contributed by atoms with Crippen molar-refractivity contribution in [1.82, 2.24) is 5.32 Å². The Labute approximate surface area is 82.1 Å². The van der Waals surface area contributed by atoms with Crippen molar-refractivity contribution in [2.24, 2.45) is 0 Å². The molecule has 3 N–H and O–H groups in total. The number of aromatic hydroxyl groups is 1. The molecule has 1 aromatic rings. The summed E-state index contributed by atoms with van der Waals surface area (Å²) in [6.07, 6.45) is -0.650. The van der Waals surface area contributed by atoms with Gasteiger partial charge in [-0.1, -0.05) is 0 Å². The minimum atomic E-state index is -0.455. The van der Waals surface area contributed by atoms with E-state index in [0.717, 1.165) is 0 Å². The van der Waals surface area contributed by atoms with Gasteiger partial charge in [-0.25, -0.2) is 0 Å². The van der Waals surface area contributed by atoms with E-state index in [9.17, 15) is 5.11 Å². The number of ether oxygens (including phenoxy) is 1. The molecule has 1 heterocycles. The molecule has 4 heteroatoms. The molecule has 0 bridgehead atoms. The summed E-state index contributed by atoms with van der Waals surface area (Å²) in [6, 6.07) is 6.48. The lowest BCUT2D eigenvalue weighted by molar-refractivity contribution is 0.0737. The van der Waals surface area contributed by atoms with Crippen LogP contribution in [0, 0.1) is 0 Å². The van der Waals surface area contributed by atoms with Crippen LogP contribution >= 0.6 is 0 Å². The van der Waals surface area contributed by atoms with Crippen LogP contribution in [0.25, 0.3) is 0 Å². The van der Waals surface area contributed by atoms with Gasteiger partial charge in [0.25, 0.3) is 0 Å². The van der Waals surface area contributed by atoms with Crippen LogP contribution in [0.5, 0.6) is 11.5 Å². The summed E-state index contributed by atoms with van der Waals surface area (Å²) >= 11 is 0. The molecule has 14 heavy (non-hydrogen) atoms. The van der Waals surface area contributed by atoms with E-state index in [2.05, 4.69) is 5.32 Å². The molecule has 0 radical (unpaired) electrons. The fourth-order valence-electron chi connectivity index (χ4n) is 1.46. The molecule has 76 valence electrons. The minimum absolute atomic E-state index is 0.195. The Hall–Kier alpha value is -1.26. The van der Waals surface area contributed by atoms with Gasteiger partial charge in [-0.05, 0) is 24.3 Å². The lowest BCUT2D eigenvalue weighted by Gasteiger charge is -2.15. The largest absolute Gasteiger partial charge is 0.508 e. The Morgan fingerprint density at radius 2 is 1.93 bits per heavy atom. The van der Waals surface area contributed by atoms with E-state index < -0.39 is 6.10 Å². The van der Waals surface area contributed by atoms with Gasteiger partial charge in [0.1, 0.15) is 23.7 Å². The van der Waals surface area contributed by atoms with Crippen LogP contribution in [-0.2, 0) is 0 Å². The van der Waals surface area contributed by atoms with Gasteiger partial charge in [0.2, 0.25) is 0 Å². The predicted molar refractivity (Wildman–Crippen MR) is 51.4 cm³/mol. The molecule has 0 amide bonds. The summed E-state index contributed by atoms with van der Waals surface area (Å²) in [6.45, 7) is 1.23. The predicted octanol–water partition coefficient (Wildman–Crippen LogP) is 0.104. The molecule has 0 unspecified atom stereocenters. The molecule has 4 nitrogen and oxygen atoms in total. The number of hydrogen-bond acceptors (Lipinski definition) is 4. The van der Waals surface area contributed by atoms with E-state index in [1.807, 2.05) is 0 Å². The fourth-order valence-corrected chi connectivity index (χ4v) is 1.46. The summed E-state index contributed by atoms with van der Waals surface area (Å²) in [5, 5.41) is 21.5. The van der Waals surface area contributed by atoms with E-state index in [-0.39, 0.29) is 11.9 Å². The van der Waals surface area contributed by atoms with E-state index in [1.165, 1.54) is 0 Å². The third-order valence-electron chi connectivity index (χ3n) is 2.25. The van der Waals surface area contributed by atoms with Gasteiger partial charge in [0, 0.05) is 13.1 Å². The second-order valence-electron chi connectivity index (χ2n) is 3.38.